The molecule has 3 heteroatoms. The molecule has 0 heterocycles. The molecule has 3 aromatic carbocycles. The average Bonchev–Trinajstić information content (AvgIpc) is 2.68. The summed E-state index contributed by atoms with van der Waals surface area (Å²) >= 11 is 0. The summed E-state index contributed by atoms with van der Waals surface area (Å²) in [5.41, 5.74) is 1.23. The van der Waals surface area contributed by atoms with E-state index >= 15 is 0 Å². The Balaban J connectivity index is 1.77. The zero-order chi connectivity index (χ0) is 18.4. The van der Waals surface area contributed by atoms with Gasteiger partial charge in [-0.2, -0.15) is 0 Å². The Hall–Kier alpha value is -3.07. The molecular formula is C23H22O3. The van der Waals surface area contributed by atoms with Gasteiger partial charge in [0.1, 0.15) is 12.4 Å². The van der Waals surface area contributed by atoms with Crippen LogP contribution in [0.1, 0.15) is 12.0 Å². The summed E-state index contributed by atoms with van der Waals surface area (Å²) < 4.78 is 10.6. The van der Waals surface area contributed by atoms with E-state index in [4.69, 9.17) is 9.47 Å². The second kappa shape index (κ2) is 8.34. The van der Waals surface area contributed by atoms with E-state index in [1.165, 1.54) is 27.8 Å². The molecule has 3 aromatic rings. The van der Waals surface area contributed by atoms with Crippen LogP contribution in [-0.2, 0) is 16.0 Å². The van der Waals surface area contributed by atoms with Crippen LogP contribution in [0.25, 0.3) is 21.5 Å². The molecule has 0 saturated carbocycles. The number of rotatable bonds is 8. The lowest BCUT2D eigenvalue weighted by Crippen LogP contribution is -2.02. The molecule has 3 rings (SSSR count). The van der Waals surface area contributed by atoms with E-state index in [1.54, 1.807) is 6.08 Å². The Morgan fingerprint density at radius 3 is 2.42 bits per heavy atom. The highest BCUT2D eigenvalue weighted by Crippen LogP contribution is 2.29. The third kappa shape index (κ3) is 4.12. The van der Waals surface area contributed by atoms with E-state index in [0.29, 0.717) is 13.2 Å². The minimum atomic E-state index is -0.369. The number of hydrogen-bond donors (Lipinski definition) is 0. The van der Waals surface area contributed by atoms with E-state index in [2.05, 4.69) is 55.6 Å². The second-order valence-corrected chi connectivity index (χ2v) is 6.08. The van der Waals surface area contributed by atoms with E-state index in [0.717, 1.165) is 24.0 Å². The van der Waals surface area contributed by atoms with Gasteiger partial charge < -0.3 is 9.47 Å². The highest BCUT2D eigenvalue weighted by molar-refractivity contribution is 6.07. The fourth-order valence-corrected chi connectivity index (χ4v) is 3.01. The van der Waals surface area contributed by atoms with Crippen molar-refractivity contribution in [3.63, 3.8) is 0 Å². The Morgan fingerprint density at radius 2 is 1.69 bits per heavy atom. The number of hydrogen-bond acceptors (Lipinski definition) is 3. The highest BCUT2D eigenvalue weighted by Gasteiger charge is 2.04. The lowest BCUT2D eigenvalue weighted by molar-refractivity contribution is -0.137. The van der Waals surface area contributed by atoms with Crippen molar-refractivity contribution in [2.75, 3.05) is 13.2 Å². The Bertz CT molecular complexity index is 956. The van der Waals surface area contributed by atoms with E-state index < -0.39 is 0 Å². The van der Waals surface area contributed by atoms with Gasteiger partial charge in [-0.25, -0.2) is 4.79 Å². The van der Waals surface area contributed by atoms with Crippen LogP contribution in [0.2, 0.25) is 0 Å². The summed E-state index contributed by atoms with van der Waals surface area (Å²) in [4.78, 5) is 11.1. The zero-order valence-electron chi connectivity index (χ0n) is 14.7. The normalized spacial score (nSPS) is 10.6. The maximum Gasteiger partial charge on any atom is 0.330 e. The fraction of sp³-hybridized carbons (Fsp3) is 0.174. The molecule has 0 radical (unpaired) electrons. The van der Waals surface area contributed by atoms with Crippen LogP contribution in [0.3, 0.4) is 0 Å². The Kier molecular flexibility index (Phi) is 5.69. The molecule has 0 spiro atoms. The van der Waals surface area contributed by atoms with Crippen LogP contribution in [0.5, 0.6) is 5.75 Å². The minimum absolute atomic E-state index is 0.369. The van der Waals surface area contributed by atoms with Crippen molar-refractivity contribution < 1.29 is 14.3 Å². The van der Waals surface area contributed by atoms with Crippen LogP contribution in [0, 0.1) is 0 Å². The van der Waals surface area contributed by atoms with Crippen molar-refractivity contribution in [2.45, 2.75) is 12.8 Å². The number of fused-ring (bicyclic) bond motifs is 3. The molecule has 0 saturated heterocycles. The molecule has 26 heavy (non-hydrogen) atoms. The number of carbonyl (C=O) groups is 1. The molecule has 0 aliphatic carbocycles. The summed E-state index contributed by atoms with van der Waals surface area (Å²) in [6.07, 6.45) is 4.59. The lowest BCUT2D eigenvalue weighted by Gasteiger charge is -2.09. The fourth-order valence-electron chi connectivity index (χ4n) is 3.01. The maximum atomic E-state index is 11.1. The van der Waals surface area contributed by atoms with Gasteiger partial charge in [0.05, 0.1) is 6.61 Å². The number of benzene rings is 3. The van der Waals surface area contributed by atoms with Gasteiger partial charge in [0, 0.05) is 6.08 Å². The molecule has 3 nitrogen and oxygen atoms in total. The van der Waals surface area contributed by atoms with Gasteiger partial charge in [0.2, 0.25) is 0 Å². The van der Waals surface area contributed by atoms with Crippen molar-refractivity contribution in [2.24, 2.45) is 0 Å². The first-order valence-electron chi connectivity index (χ1n) is 8.69. The number of carbonyl (C=O) groups excluding carboxylic acids is 1. The predicted molar refractivity (Wildman–Crippen MR) is 107 cm³/mol. The monoisotopic (exact) mass is 346 g/mol. The summed E-state index contributed by atoms with van der Waals surface area (Å²) in [6, 6.07) is 16.9. The summed E-state index contributed by atoms with van der Waals surface area (Å²) in [7, 11) is 0. The smallest absolute Gasteiger partial charge is 0.330 e. The van der Waals surface area contributed by atoms with Gasteiger partial charge in [-0.05, 0) is 52.1 Å². The summed E-state index contributed by atoms with van der Waals surface area (Å²) in [5, 5.41) is 4.79. The van der Waals surface area contributed by atoms with Crippen LogP contribution in [0.4, 0.5) is 0 Å². The van der Waals surface area contributed by atoms with Gasteiger partial charge in [0.15, 0.2) is 0 Å². The average molecular weight is 346 g/mol. The Morgan fingerprint density at radius 1 is 0.962 bits per heavy atom. The quantitative estimate of drug-likeness (QED) is 0.184. The molecule has 0 N–H and O–H groups in total. The van der Waals surface area contributed by atoms with E-state index in [-0.39, 0.29) is 5.97 Å². The number of aryl methyl sites for hydroxylation is 1. The molecule has 0 atom stereocenters. The zero-order valence-corrected chi connectivity index (χ0v) is 14.7. The first-order valence-corrected chi connectivity index (χ1v) is 8.69. The maximum absolute atomic E-state index is 11.1. The van der Waals surface area contributed by atoms with Crippen LogP contribution in [-0.4, -0.2) is 19.2 Å². The molecule has 0 aromatic heterocycles. The van der Waals surface area contributed by atoms with Gasteiger partial charge in [-0.1, -0.05) is 55.6 Å². The van der Waals surface area contributed by atoms with Crippen LogP contribution < -0.4 is 4.74 Å². The van der Waals surface area contributed by atoms with E-state index in [9.17, 15) is 4.79 Å². The molecule has 0 fully saturated rings. The first kappa shape index (κ1) is 17.7. The van der Waals surface area contributed by atoms with Crippen molar-refractivity contribution >= 4 is 27.5 Å². The molecule has 0 unspecified atom stereocenters. The summed E-state index contributed by atoms with van der Waals surface area (Å²) in [6.45, 7) is 7.98. The summed E-state index contributed by atoms with van der Waals surface area (Å²) in [5.74, 6) is 0.480. The van der Waals surface area contributed by atoms with Crippen molar-refractivity contribution in [1.82, 2.24) is 0 Å². The SMILES string of the molecule is C=CCOc1ccc2c(ccc3cc(CCCOC(=O)C=C)ccc32)c1. The van der Waals surface area contributed by atoms with Gasteiger partial charge in [-0.3, -0.25) is 0 Å². The van der Waals surface area contributed by atoms with Crippen molar-refractivity contribution in [3.05, 3.63) is 79.4 Å². The highest BCUT2D eigenvalue weighted by atomic mass is 16.5. The molecule has 0 aliphatic heterocycles. The molecule has 0 bridgehead atoms. The van der Waals surface area contributed by atoms with Crippen LogP contribution >= 0.6 is 0 Å². The van der Waals surface area contributed by atoms with Gasteiger partial charge in [0.25, 0.3) is 0 Å². The van der Waals surface area contributed by atoms with E-state index in [1.807, 2.05) is 6.07 Å². The van der Waals surface area contributed by atoms with Crippen molar-refractivity contribution in [3.8, 4) is 5.75 Å². The third-order valence-corrected chi connectivity index (χ3v) is 4.26. The molecular weight excluding hydrogens is 324 g/mol. The third-order valence-electron chi connectivity index (χ3n) is 4.26. The Labute approximate surface area is 153 Å². The van der Waals surface area contributed by atoms with Gasteiger partial charge >= 0.3 is 5.97 Å². The first-order chi connectivity index (χ1) is 12.7. The largest absolute Gasteiger partial charge is 0.490 e. The number of ether oxygens (including phenoxy) is 2. The number of esters is 1. The predicted octanol–water partition coefficient (Wildman–Crippen LogP) is 5.22. The van der Waals surface area contributed by atoms with Crippen LogP contribution in [0.15, 0.2) is 73.8 Å². The molecule has 0 amide bonds. The lowest BCUT2D eigenvalue weighted by atomic mass is 9.98. The van der Waals surface area contributed by atoms with Crippen molar-refractivity contribution in [1.29, 1.82) is 0 Å². The minimum Gasteiger partial charge on any atom is -0.490 e. The molecule has 0 aliphatic rings. The standard InChI is InChI=1S/C23H22O3/c1-3-13-25-20-10-12-22-19(16-20)9-8-18-15-17(7-11-21(18)22)6-5-14-26-23(24)4-2/h3-4,7-12,15-16H,1-2,5-6,13-14H2. The topological polar surface area (TPSA) is 35.5 Å². The second-order valence-electron chi connectivity index (χ2n) is 6.08. The van der Waals surface area contributed by atoms with Gasteiger partial charge in [-0.15, -0.1) is 0 Å². The molecule has 132 valence electrons.